The number of benzene rings is 2. The summed E-state index contributed by atoms with van der Waals surface area (Å²) in [6.45, 7) is 0.480. The molecule has 0 spiro atoms. The minimum Gasteiger partial charge on any atom is -0.488 e. The highest BCUT2D eigenvalue weighted by atomic mass is 127. The lowest BCUT2D eigenvalue weighted by Crippen LogP contribution is -2.05. The number of ether oxygens (including phenoxy) is 1. The van der Waals surface area contributed by atoms with Gasteiger partial charge in [-0.25, -0.2) is 4.98 Å². The van der Waals surface area contributed by atoms with E-state index < -0.39 is 0 Å². The van der Waals surface area contributed by atoms with Gasteiger partial charge in [-0.05, 0) is 45.9 Å². The van der Waals surface area contributed by atoms with E-state index in [4.69, 9.17) is 19.3 Å². The van der Waals surface area contributed by atoms with Crippen molar-refractivity contribution < 1.29 is 7.80 Å². The van der Waals surface area contributed by atoms with Gasteiger partial charge in [0.2, 0.25) is 5.95 Å². The van der Waals surface area contributed by atoms with Gasteiger partial charge >= 0.3 is 0 Å². The summed E-state index contributed by atoms with van der Waals surface area (Å²) in [5.41, 5.74) is 14.4. The molecule has 0 saturated carbocycles. The number of rotatable bonds is 6. The van der Waals surface area contributed by atoms with Gasteiger partial charge in [-0.15, -0.1) is 0 Å². The van der Waals surface area contributed by atoms with E-state index in [9.17, 15) is 0 Å². The van der Waals surface area contributed by atoms with Crippen LogP contribution >= 0.6 is 45.6 Å². The zero-order valence-corrected chi connectivity index (χ0v) is 18.0. The Balaban J connectivity index is 1.86. The Morgan fingerprint density at radius 3 is 2.42 bits per heavy atom. The molecule has 2 aromatic carbocycles. The smallest absolute Gasteiger partial charge is 0.221 e. The highest BCUT2D eigenvalue weighted by molar-refractivity contribution is 14.1. The predicted octanol–water partition coefficient (Wildman–Crippen LogP) is 4.14. The summed E-state index contributed by atoms with van der Waals surface area (Å²) in [7, 11) is 0. The fraction of sp³-hybridized carbons (Fsp3) is 0.111. The molecular weight excluding hydrogens is 558 g/mol. The largest absolute Gasteiger partial charge is 0.488 e. The molecule has 0 radical (unpaired) electrons. The standard InChI is InChI=1S/C18H16I2N4O2/c19-16-14(25-10-11-4-2-1-3-5-11)7-12(8-15(16)26-20)6-13-9-23-18(22)24-17(13)21/h1-5,7-9H,6,10H2,(H4,21,22,23,24). The number of nitrogens with zero attached hydrogens (tertiary/aromatic N) is 2. The van der Waals surface area contributed by atoms with Crippen molar-refractivity contribution in [2.75, 3.05) is 11.5 Å². The summed E-state index contributed by atoms with van der Waals surface area (Å²) in [6, 6.07) is 14.0. The lowest BCUT2D eigenvalue weighted by Gasteiger charge is -2.13. The monoisotopic (exact) mass is 574 g/mol. The molecule has 0 fully saturated rings. The number of anilines is 2. The Morgan fingerprint density at radius 1 is 1.00 bits per heavy atom. The van der Waals surface area contributed by atoms with Crippen molar-refractivity contribution in [1.29, 1.82) is 0 Å². The van der Waals surface area contributed by atoms with Crippen molar-refractivity contribution in [1.82, 2.24) is 9.97 Å². The van der Waals surface area contributed by atoms with Crippen LogP contribution < -0.4 is 19.3 Å². The van der Waals surface area contributed by atoms with Crippen molar-refractivity contribution in [3.05, 3.63) is 68.9 Å². The number of nitrogen functional groups attached to an aromatic ring is 2. The maximum atomic E-state index is 6.02. The SMILES string of the molecule is Nc1ncc(Cc2cc(OI)c(I)c(OCc3ccccc3)c2)c(N)n1. The molecule has 26 heavy (non-hydrogen) atoms. The molecule has 1 aromatic heterocycles. The van der Waals surface area contributed by atoms with E-state index in [1.54, 1.807) is 6.20 Å². The van der Waals surface area contributed by atoms with E-state index in [1.807, 2.05) is 65.5 Å². The van der Waals surface area contributed by atoms with Gasteiger partial charge in [-0.2, -0.15) is 4.98 Å². The van der Waals surface area contributed by atoms with Crippen LogP contribution in [-0.2, 0) is 13.0 Å². The van der Waals surface area contributed by atoms with Crippen molar-refractivity contribution in [3.8, 4) is 11.5 Å². The normalized spacial score (nSPS) is 10.5. The van der Waals surface area contributed by atoms with E-state index in [-0.39, 0.29) is 5.95 Å². The average molecular weight is 574 g/mol. The summed E-state index contributed by atoms with van der Waals surface area (Å²) in [5, 5.41) is 0. The van der Waals surface area contributed by atoms with E-state index in [0.29, 0.717) is 18.8 Å². The third-order valence-electron chi connectivity index (χ3n) is 3.70. The Morgan fingerprint density at radius 2 is 1.73 bits per heavy atom. The highest BCUT2D eigenvalue weighted by Crippen LogP contribution is 2.34. The van der Waals surface area contributed by atoms with Crippen LogP contribution in [0.5, 0.6) is 11.5 Å². The molecule has 0 amide bonds. The summed E-state index contributed by atoms with van der Waals surface area (Å²) in [4.78, 5) is 8.02. The number of hydrogen-bond donors (Lipinski definition) is 2. The van der Waals surface area contributed by atoms with E-state index in [1.165, 1.54) is 0 Å². The minimum absolute atomic E-state index is 0.164. The van der Waals surface area contributed by atoms with Gasteiger partial charge in [0.25, 0.3) is 0 Å². The van der Waals surface area contributed by atoms with Crippen LogP contribution in [0.4, 0.5) is 11.8 Å². The molecule has 134 valence electrons. The van der Waals surface area contributed by atoms with Crippen LogP contribution in [0.3, 0.4) is 0 Å². The van der Waals surface area contributed by atoms with Crippen molar-refractivity contribution in [3.63, 3.8) is 0 Å². The van der Waals surface area contributed by atoms with Crippen LogP contribution in [0, 0.1) is 3.57 Å². The summed E-state index contributed by atoms with van der Waals surface area (Å²) < 4.78 is 12.4. The Kier molecular flexibility index (Phi) is 6.35. The number of hydrogen-bond acceptors (Lipinski definition) is 6. The minimum atomic E-state index is 0.164. The molecule has 8 heteroatoms. The lowest BCUT2D eigenvalue weighted by molar-refractivity contribution is 0.303. The summed E-state index contributed by atoms with van der Waals surface area (Å²) >= 11 is 4.09. The molecule has 6 nitrogen and oxygen atoms in total. The Bertz CT molecular complexity index is 907. The molecule has 0 atom stereocenters. The molecule has 4 N–H and O–H groups in total. The fourth-order valence-corrected chi connectivity index (χ4v) is 3.76. The second-order valence-corrected chi connectivity index (χ2v) is 7.09. The molecule has 0 aliphatic rings. The van der Waals surface area contributed by atoms with Crippen LogP contribution in [0.1, 0.15) is 16.7 Å². The van der Waals surface area contributed by atoms with Gasteiger partial charge in [0.05, 0.1) is 3.57 Å². The second-order valence-electron chi connectivity index (χ2n) is 5.57. The molecule has 1 heterocycles. The second kappa shape index (κ2) is 8.71. The average Bonchev–Trinajstić information content (AvgIpc) is 2.65. The molecule has 0 bridgehead atoms. The van der Waals surface area contributed by atoms with E-state index >= 15 is 0 Å². The van der Waals surface area contributed by atoms with Crippen LogP contribution in [-0.4, -0.2) is 9.97 Å². The van der Waals surface area contributed by atoms with Crippen molar-refractivity contribution in [2.45, 2.75) is 13.0 Å². The molecule has 3 rings (SSSR count). The van der Waals surface area contributed by atoms with Crippen LogP contribution in [0.25, 0.3) is 0 Å². The maximum absolute atomic E-state index is 6.02. The molecule has 3 aromatic rings. The van der Waals surface area contributed by atoms with Crippen LogP contribution in [0.2, 0.25) is 0 Å². The number of aromatic nitrogens is 2. The maximum Gasteiger partial charge on any atom is 0.221 e. The number of nitrogens with two attached hydrogens (primary N) is 2. The summed E-state index contributed by atoms with van der Waals surface area (Å²) in [5.74, 6) is 2.03. The number of halogens is 2. The van der Waals surface area contributed by atoms with E-state index in [0.717, 1.165) is 31.8 Å². The fourth-order valence-electron chi connectivity index (χ4n) is 2.42. The Labute approximate surface area is 179 Å². The predicted molar refractivity (Wildman–Crippen MR) is 118 cm³/mol. The quantitative estimate of drug-likeness (QED) is 0.430. The lowest BCUT2D eigenvalue weighted by atomic mass is 10.1. The molecule has 0 unspecified atom stereocenters. The first-order valence-corrected chi connectivity index (χ1v) is 9.67. The van der Waals surface area contributed by atoms with Crippen molar-refractivity contribution in [2.24, 2.45) is 0 Å². The zero-order chi connectivity index (χ0) is 18.5. The van der Waals surface area contributed by atoms with Gasteiger partial charge in [-0.1, -0.05) is 30.3 Å². The first kappa shape index (κ1) is 19.0. The van der Waals surface area contributed by atoms with Gasteiger partial charge in [0.1, 0.15) is 18.2 Å². The first-order chi connectivity index (χ1) is 12.6. The Hall–Kier alpha value is -1.82. The topological polar surface area (TPSA) is 96.3 Å². The molecular formula is C18H16I2N4O2. The zero-order valence-electron chi connectivity index (χ0n) is 13.7. The molecule has 0 aliphatic heterocycles. The third kappa shape index (κ3) is 4.67. The van der Waals surface area contributed by atoms with Gasteiger partial charge in [0, 0.05) is 18.2 Å². The van der Waals surface area contributed by atoms with Gasteiger partial charge in [0.15, 0.2) is 28.8 Å². The van der Waals surface area contributed by atoms with E-state index in [2.05, 4.69) is 32.6 Å². The van der Waals surface area contributed by atoms with Crippen molar-refractivity contribution >= 4 is 57.4 Å². The van der Waals surface area contributed by atoms with Gasteiger partial charge < -0.3 is 19.3 Å². The first-order valence-electron chi connectivity index (χ1n) is 7.71. The third-order valence-corrected chi connectivity index (χ3v) is 5.23. The van der Waals surface area contributed by atoms with Gasteiger partial charge in [-0.3, -0.25) is 0 Å². The summed E-state index contributed by atoms with van der Waals surface area (Å²) in [6.07, 6.45) is 2.20. The molecule has 0 aliphatic carbocycles. The molecule has 0 saturated heterocycles. The van der Waals surface area contributed by atoms with Crippen LogP contribution in [0.15, 0.2) is 48.7 Å². The highest BCUT2D eigenvalue weighted by Gasteiger charge is 2.13.